The fourth-order valence-corrected chi connectivity index (χ4v) is 4.70. The second kappa shape index (κ2) is 9.19. The van der Waals surface area contributed by atoms with Crippen LogP contribution in [-0.4, -0.2) is 57.6 Å². The number of hydrogen-bond donors (Lipinski definition) is 0. The van der Waals surface area contributed by atoms with E-state index in [1.165, 1.54) is 5.56 Å². The Kier molecular flexibility index (Phi) is 6.63. The molecule has 1 aliphatic heterocycles. The molecule has 0 aliphatic carbocycles. The van der Waals surface area contributed by atoms with Crippen LogP contribution in [0.15, 0.2) is 40.8 Å². The molecule has 2 amide bonds. The van der Waals surface area contributed by atoms with Crippen LogP contribution in [0.1, 0.15) is 77.1 Å². The molecule has 0 spiro atoms. The number of nitrogens with zero attached hydrogens (tertiary/aromatic N) is 3. The molecule has 1 aromatic carbocycles. The van der Waals surface area contributed by atoms with E-state index in [1.807, 2.05) is 34.6 Å². The lowest BCUT2D eigenvalue weighted by Crippen LogP contribution is -2.62. The van der Waals surface area contributed by atoms with Gasteiger partial charge in [0.15, 0.2) is 11.3 Å². The standard InChI is InChI=1S/C30H39N3O4/c1-19-10-12-20(13-11-19)22-16-21(28(2,3)4)25-23(31-22)17-24(36-25)26(34)33-15-14-32(18-30(33,8)9)27(35)37-29(5,6)7/h10-13,16-17H,14-15,18H2,1-9H3. The molecular weight excluding hydrogens is 466 g/mol. The predicted molar refractivity (Wildman–Crippen MR) is 146 cm³/mol. The molecule has 37 heavy (non-hydrogen) atoms. The van der Waals surface area contributed by atoms with Gasteiger partial charge in [-0.05, 0) is 53.0 Å². The number of amides is 2. The maximum Gasteiger partial charge on any atom is 0.410 e. The van der Waals surface area contributed by atoms with Crippen molar-refractivity contribution in [2.75, 3.05) is 19.6 Å². The molecule has 4 rings (SSSR count). The molecule has 0 unspecified atom stereocenters. The molecule has 0 saturated carbocycles. The highest BCUT2D eigenvalue weighted by Crippen LogP contribution is 2.35. The highest BCUT2D eigenvalue weighted by molar-refractivity contribution is 5.97. The van der Waals surface area contributed by atoms with Crippen LogP contribution in [0.2, 0.25) is 0 Å². The first kappa shape index (κ1) is 26.7. The predicted octanol–water partition coefficient (Wildman–Crippen LogP) is 6.57. The molecule has 7 heteroatoms. The van der Waals surface area contributed by atoms with Crippen LogP contribution < -0.4 is 0 Å². The summed E-state index contributed by atoms with van der Waals surface area (Å²) in [6, 6.07) is 12.1. The quantitative estimate of drug-likeness (QED) is 0.394. The van der Waals surface area contributed by atoms with E-state index in [4.69, 9.17) is 14.1 Å². The Morgan fingerprint density at radius 3 is 2.22 bits per heavy atom. The molecule has 0 bridgehead atoms. The summed E-state index contributed by atoms with van der Waals surface area (Å²) < 4.78 is 11.8. The Labute approximate surface area is 219 Å². The van der Waals surface area contributed by atoms with E-state index < -0.39 is 11.1 Å². The normalized spacial score (nSPS) is 16.2. The molecule has 1 aliphatic rings. The molecule has 0 N–H and O–H groups in total. The van der Waals surface area contributed by atoms with Gasteiger partial charge in [0.05, 0.1) is 11.2 Å². The maximum absolute atomic E-state index is 13.7. The highest BCUT2D eigenvalue weighted by atomic mass is 16.6. The fourth-order valence-electron chi connectivity index (χ4n) is 4.70. The zero-order valence-electron chi connectivity index (χ0n) is 23.6. The van der Waals surface area contributed by atoms with E-state index in [0.717, 1.165) is 16.8 Å². The van der Waals surface area contributed by atoms with Crippen LogP contribution in [0.3, 0.4) is 0 Å². The number of pyridine rings is 1. The lowest BCUT2D eigenvalue weighted by atomic mass is 9.86. The van der Waals surface area contributed by atoms with E-state index in [9.17, 15) is 9.59 Å². The van der Waals surface area contributed by atoms with Gasteiger partial charge in [0, 0.05) is 36.8 Å². The fraction of sp³-hybridized carbons (Fsp3) is 0.500. The van der Waals surface area contributed by atoms with Crippen molar-refractivity contribution in [2.45, 2.75) is 78.9 Å². The van der Waals surface area contributed by atoms with Crippen molar-refractivity contribution in [1.82, 2.24) is 14.8 Å². The van der Waals surface area contributed by atoms with E-state index in [0.29, 0.717) is 30.7 Å². The topological polar surface area (TPSA) is 75.9 Å². The molecular formula is C30H39N3O4. The van der Waals surface area contributed by atoms with Gasteiger partial charge in [-0.2, -0.15) is 0 Å². The Morgan fingerprint density at radius 2 is 1.65 bits per heavy atom. The molecule has 1 fully saturated rings. The van der Waals surface area contributed by atoms with E-state index in [2.05, 4.69) is 58.0 Å². The summed E-state index contributed by atoms with van der Waals surface area (Å²) in [5, 5.41) is 0. The number of ether oxygens (including phenoxy) is 1. The summed E-state index contributed by atoms with van der Waals surface area (Å²) in [7, 11) is 0. The molecule has 0 radical (unpaired) electrons. The Balaban J connectivity index is 1.66. The van der Waals surface area contributed by atoms with Gasteiger partial charge < -0.3 is 19.0 Å². The van der Waals surface area contributed by atoms with Gasteiger partial charge in [-0.1, -0.05) is 50.6 Å². The smallest absolute Gasteiger partial charge is 0.410 e. The van der Waals surface area contributed by atoms with Crippen molar-refractivity contribution in [1.29, 1.82) is 0 Å². The summed E-state index contributed by atoms with van der Waals surface area (Å²) in [4.78, 5) is 34.7. The van der Waals surface area contributed by atoms with Gasteiger partial charge in [0.25, 0.3) is 5.91 Å². The Morgan fingerprint density at radius 1 is 1.00 bits per heavy atom. The van der Waals surface area contributed by atoms with Gasteiger partial charge in [-0.15, -0.1) is 0 Å². The number of carbonyl (C=O) groups excluding carboxylic acids is 2. The molecule has 3 heterocycles. The SMILES string of the molecule is Cc1ccc(-c2cc(C(C)(C)C)c3oc(C(=O)N4CCN(C(=O)OC(C)(C)C)CC4(C)C)cc3n2)cc1. The Bertz CT molecular complexity index is 1320. The molecule has 1 saturated heterocycles. The summed E-state index contributed by atoms with van der Waals surface area (Å²) in [5.74, 6) is 0.0523. The maximum atomic E-state index is 13.7. The zero-order chi connectivity index (χ0) is 27.3. The van der Waals surface area contributed by atoms with Crippen molar-refractivity contribution in [3.8, 4) is 11.3 Å². The van der Waals surface area contributed by atoms with E-state index >= 15 is 0 Å². The third-order valence-electron chi connectivity index (χ3n) is 6.64. The highest BCUT2D eigenvalue weighted by Gasteiger charge is 2.41. The van der Waals surface area contributed by atoms with E-state index in [1.54, 1.807) is 15.9 Å². The number of benzene rings is 1. The number of furan rings is 1. The van der Waals surface area contributed by atoms with Gasteiger partial charge in [0.2, 0.25) is 0 Å². The van der Waals surface area contributed by atoms with Crippen molar-refractivity contribution >= 4 is 23.1 Å². The lowest BCUT2D eigenvalue weighted by molar-refractivity contribution is -0.0117. The minimum atomic E-state index is -0.599. The average molecular weight is 506 g/mol. The molecule has 7 nitrogen and oxygen atoms in total. The van der Waals surface area contributed by atoms with Crippen LogP contribution >= 0.6 is 0 Å². The molecule has 198 valence electrons. The minimum absolute atomic E-state index is 0.205. The number of aromatic nitrogens is 1. The minimum Gasteiger partial charge on any atom is -0.449 e. The summed E-state index contributed by atoms with van der Waals surface area (Å²) in [6.45, 7) is 19.1. The van der Waals surface area contributed by atoms with Crippen molar-refractivity contribution in [2.24, 2.45) is 0 Å². The number of fused-ring (bicyclic) bond motifs is 1. The van der Waals surface area contributed by atoms with Gasteiger partial charge in [-0.25, -0.2) is 9.78 Å². The van der Waals surface area contributed by atoms with Crippen LogP contribution in [0.4, 0.5) is 4.79 Å². The summed E-state index contributed by atoms with van der Waals surface area (Å²) in [5.41, 5.74) is 3.98. The van der Waals surface area contributed by atoms with E-state index in [-0.39, 0.29) is 23.2 Å². The van der Waals surface area contributed by atoms with Crippen LogP contribution in [0.5, 0.6) is 0 Å². The Hall–Kier alpha value is -3.35. The monoisotopic (exact) mass is 505 g/mol. The van der Waals surface area contributed by atoms with Gasteiger partial charge in [0.1, 0.15) is 11.1 Å². The third kappa shape index (κ3) is 5.65. The van der Waals surface area contributed by atoms with Crippen LogP contribution in [-0.2, 0) is 10.2 Å². The zero-order valence-corrected chi connectivity index (χ0v) is 23.6. The number of rotatable bonds is 2. The summed E-state index contributed by atoms with van der Waals surface area (Å²) >= 11 is 0. The number of carbonyl (C=O) groups is 2. The number of piperazine rings is 1. The average Bonchev–Trinajstić information content (AvgIpc) is 3.20. The second-order valence-corrected chi connectivity index (χ2v) is 12.7. The second-order valence-electron chi connectivity index (χ2n) is 12.7. The largest absolute Gasteiger partial charge is 0.449 e. The van der Waals surface area contributed by atoms with Crippen LogP contribution in [0, 0.1) is 6.92 Å². The molecule has 0 atom stereocenters. The lowest BCUT2D eigenvalue weighted by Gasteiger charge is -2.46. The number of aryl methyl sites for hydroxylation is 1. The van der Waals surface area contributed by atoms with Crippen molar-refractivity contribution in [3.05, 3.63) is 53.3 Å². The summed E-state index contributed by atoms with van der Waals surface area (Å²) in [6.07, 6.45) is -0.362. The van der Waals surface area contributed by atoms with Crippen molar-refractivity contribution in [3.63, 3.8) is 0 Å². The van der Waals surface area contributed by atoms with Gasteiger partial charge in [-0.3, -0.25) is 4.79 Å². The first-order valence-electron chi connectivity index (χ1n) is 12.9. The molecule has 3 aromatic rings. The first-order chi connectivity index (χ1) is 17.0. The first-order valence-corrected chi connectivity index (χ1v) is 12.9. The van der Waals surface area contributed by atoms with Crippen molar-refractivity contribution < 1.29 is 18.7 Å². The number of hydrogen-bond acceptors (Lipinski definition) is 5. The van der Waals surface area contributed by atoms with Crippen LogP contribution in [0.25, 0.3) is 22.4 Å². The molecule has 2 aromatic heterocycles. The third-order valence-corrected chi connectivity index (χ3v) is 6.64. The van der Waals surface area contributed by atoms with Gasteiger partial charge >= 0.3 is 6.09 Å².